The van der Waals surface area contributed by atoms with Crippen LogP contribution in [0.2, 0.25) is 0 Å². The van der Waals surface area contributed by atoms with Crippen molar-refractivity contribution in [1.29, 1.82) is 0 Å². The number of hydrogen-bond donors (Lipinski definition) is 1. The molecule has 0 amide bonds. The zero-order valence-corrected chi connectivity index (χ0v) is 8.29. The number of fused-ring (bicyclic) bond motifs is 1. The van der Waals surface area contributed by atoms with Crippen molar-refractivity contribution in [3.8, 4) is 5.75 Å². The highest BCUT2D eigenvalue weighted by Crippen LogP contribution is 2.36. The van der Waals surface area contributed by atoms with Crippen molar-refractivity contribution in [3.63, 3.8) is 0 Å². The molecule has 0 radical (unpaired) electrons. The van der Waals surface area contributed by atoms with E-state index in [-0.39, 0.29) is 5.56 Å². The van der Waals surface area contributed by atoms with Crippen LogP contribution >= 0.6 is 0 Å². The number of carboxylic acid groups (broad SMARTS) is 1. The zero-order chi connectivity index (χ0) is 11.0. The van der Waals surface area contributed by atoms with Gasteiger partial charge in [-0.2, -0.15) is 0 Å². The summed E-state index contributed by atoms with van der Waals surface area (Å²) in [6.07, 6.45) is 0.717. The molecular weight excluding hydrogens is 199 g/mol. The zero-order valence-electron chi connectivity index (χ0n) is 8.29. The van der Waals surface area contributed by atoms with Gasteiger partial charge in [-0.25, -0.2) is 4.39 Å². The summed E-state index contributed by atoms with van der Waals surface area (Å²) in [5.74, 6) is -2.01. The van der Waals surface area contributed by atoms with Crippen LogP contribution in [0, 0.1) is 5.82 Å². The molecule has 80 valence electrons. The van der Waals surface area contributed by atoms with E-state index in [0.29, 0.717) is 12.4 Å². The van der Waals surface area contributed by atoms with Crippen LogP contribution in [0.3, 0.4) is 0 Å². The van der Waals surface area contributed by atoms with Crippen molar-refractivity contribution in [3.05, 3.63) is 29.1 Å². The third-order valence-electron chi connectivity index (χ3n) is 2.65. The molecule has 0 fully saturated rings. The summed E-state index contributed by atoms with van der Waals surface area (Å²) in [6, 6.07) is 2.96. The van der Waals surface area contributed by atoms with E-state index in [4.69, 9.17) is 9.84 Å². The quantitative estimate of drug-likeness (QED) is 0.811. The minimum Gasteiger partial charge on any atom is -0.493 e. The Kier molecular flexibility index (Phi) is 2.34. The number of hydrogen-bond acceptors (Lipinski definition) is 2. The Morgan fingerprint density at radius 1 is 1.60 bits per heavy atom. The SMILES string of the molecule is CC(C(=O)O)c1c(F)ccc2c1OCC2. The van der Waals surface area contributed by atoms with Crippen LogP contribution in [0.1, 0.15) is 24.0 Å². The summed E-state index contributed by atoms with van der Waals surface area (Å²) in [4.78, 5) is 10.8. The van der Waals surface area contributed by atoms with Crippen molar-refractivity contribution < 1.29 is 19.0 Å². The van der Waals surface area contributed by atoms with Gasteiger partial charge in [0, 0.05) is 12.0 Å². The summed E-state index contributed by atoms with van der Waals surface area (Å²) >= 11 is 0. The predicted octanol–water partition coefficient (Wildman–Crippen LogP) is 1.95. The van der Waals surface area contributed by atoms with Gasteiger partial charge in [-0.05, 0) is 18.6 Å². The predicted molar refractivity (Wildman–Crippen MR) is 51.6 cm³/mol. The number of rotatable bonds is 2. The Balaban J connectivity index is 2.54. The molecule has 15 heavy (non-hydrogen) atoms. The van der Waals surface area contributed by atoms with E-state index in [0.717, 1.165) is 12.0 Å². The largest absolute Gasteiger partial charge is 0.493 e. The highest BCUT2D eigenvalue weighted by Gasteiger charge is 2.27. The van der Waals surface area contributed by atoms with E-state index < -0.39 is 17.7 Å². The number of aliphatic carboxylic acids is 1. The van der Waals surface area contributed by atoms with Crippen LogP contribution in [0.4, 0.5) is 4.39 Å². The minimum atomic E-state index is -1.04. The highest BCUT2D eigenvalue weighted by molar-refractivity contribution is 5.77. The smallest absolute Gasteiger partial charge is 0.310 e. The van der Waals surface area contributed by atoms with Crippen LogP contribution < -0.4 is 4.74 Å². The summed E-state index contributed by atoms with van der Waals surface area (Å²) in [6.45, 7) is 1.96. The van der Waals surface area contributed by atoms with Crippen LogP contribution in [0.25, 0.3) is 0 Å². The maximum atomic E-state index is 13.5. The molecular formula is C11H11FO3. The molecule has 1 atom stereocenters. The average molecular weight is 210 g/mol. The molecule has 1 aromatic rings. The maximum Gasteiger partial charge on any atom is 0.310 e. The van der Waals surface area contributed by atoms with Gasteiger partial charge < -0.3 is 9.84 Å². The number of carboxylic acids is 1. The number of carbonyl (C=O) groups is 1. The standard InChI is InChI=1S/C11H11FO3/c1-6(11(13)14)9-8(12)3-2-7-4-5-15-10(7)9/h2-3,6H,4-5H2,1H3,(H,13,14). The van der Waals surface area contributed by atoms with Gasteiger partial charge in [0.05, 0.1) is 12.5 Å². The molecule has 4 heteroatoms. The topological polar surface area (TPSA) is 46.5 Å². The van der Waals surface area contributed by atoms with Crippen molar-refractivity contribution >= 4 is 5.97 Å². The van der Waals surface area contributed by atoms with E-state index in [1.54, 1.807) is 6.07 Å². The van der Waals surface area contributed by atoms with Gasteiger partial charge in [0.15, 0.2) is 0 Å². The molecule has 1 aliphatic heterocycles. The molecule has 3 nitrogen and oxygen atoms in total. The second kappa shape index (κ2) is 3.53. The van der Waals surface area contributed by atoms with E-state index in [1.165, 1.54) is 13.0 Å². The van der Waals surface area contributed by atoms with Gasteiger partial charge in [0.25, 0.3) is 0 Å². The molecule has 0 aliphatic carbocycles. The first kappa shape index (κ1) is 9.96. The average Bonchev–Trinajstić information content (AvgIpc) is 2.64. The molecule has 1 aromatic carbocycles. The van der Waals surface area contributed by atoms with Crippen molar-refractivity contribution in [2.45, 2.75) is 19.3 Å². The van der Waals surface area contributed by atoms with E-state index >= 15 is 0 Å². The lowest BCUT2D eigenvalue weighted by atomic mass is 9.97. The molecule has 2 rings (SSSR count). The first-order chi connectivity index (χ1) is 7.11. The van der Waals surface area contributed by atoms with Gasteiger partial charge >= 0.3 is 5.97 Å². The van der Waals surface area contributed by atoms with Crippen molar-refractivity contribution in [2.24, 2.45) is 0 Å². The Bertz CT molecular complexity index is 415. The van der Waals surface area contributed by atoms with Gasteiger partial charge in [0.1, 0.15) is 11.6 Å². The summed E-state index contributed by atoms with van der Waals surface area (Å²) < 4.78 is 18.8. The molecule has 0 bridgehead atoms. The Morgan fingerprint density at radius 3 is 3.00 bits per heavy atom. The Labute approximate surface area is 86.5 Å². The molecule has 1 aliphatic rings. The first-order valence-electron chi connectivity index (χ1n) is 4.78. The maximum absolute atomic E-state index is 13.5. The lowest BCUT2D eigenvalue weighted by Crippen LogP contribution is -2.10. The van der Waals surface area contributed by atoms with Gasteiger partial charge in [-0.1, -0.05) is 6.07 Å². The molecule has 0 saturated carbocycles. The van der Waals surface area contributed by atoms with E-state index in [2.05, 4.69) is 0 Å². The number of benzene rings is 1. The van der Waals surface area contributed by atoms with E-state index in [9.17, 15) is 9.18 Å². The Hall–Kier alpha value is -1.58. The fraction of sp³-hybridized carbons (Fsp3) is 0.364. The highest BCUT2D eigenvalue weighted by atomic mass is 19.1. The van der Waals surface area contributed by atoms with Crippen molar-refractivity contribution in [2.75, 3.05) is 6.61 Å². The van der Waals surface area contributed by atoms with Gasteiger partial charge in [0.2, 0.25) is 0 Å². The minimum absolute atomic E-state index is 0.164. The fourth-order valence-electron chi connectivity index (χ4n) is 1.78. The molecule has 1 heterocycles. The van der Waals surface area contributed by atoms with E-state index in [1.807, 2.05) is 0 Å². The lowest BCUT2D eigenvalue weighted by molar-refractivity contribution is -0.138. The second-order valence-electron chi connectivity index (χ2n) is 3.61. The van der Waals surface area contributed by atoms with Crippen LogP contribution in [-0.4, -0.2) is 17.7 Å². The normalized spacial score (nSPS) is 15.6. The summed E-state index contributed by atoms with van der Waals surface area (Å²) in [7, 11) is 0. The summed E-state index contributed by atoms with van der Waals surface area (Å²) in [5, 5.41) is 8.87. The first-order valence-corrected chi connectivity index (χ1v) is 4.78. The third kappa shape index (κ3) is 1.56. The third-order valence-corrected chi connectivity index (χ3v) is 2.65. The summed E-state index contributed by atoms with van der Waals surface area (Å²) in [5.41, 5.74) is 1.05. The number of ether oxygens (including phenoxy) is 1. The molecule has 1 N–H and O–H groups in total. The monoisotopic (exact) mass is 210 g/mol. The molecule has 0 saturated heterocycles. The number of halogens is 1. The second-order valence-corrected chi connectivity index (χ2v) is 3.61. The molecule has 0 aromatic heterocycles. The van der Waals surface area contributed by atoms with Crippen LogP contribution in [0.5, 0.6) is 5.75 Å². The molecule has 1 unspecified atom stereocenters. The lowest BCUT2D eigenvalue weighted by Gasteiger charge is -2.12. The van der Waals surface area contributed by atoms with Gasteiger partial charge in [-0.3, -0.25) is 4.79 Å². The van der Waals surface area contributed by atoms with Crippen molar-refractivity contribution in [1.82, 2.24) is 0 Å². The Morgan fingerprint density at radius 2 is 2.33 bits per heavy atom. The van der Waals surface area contributed by atoms with Gasteiger partial charge in [-0.15, -0.1) is 0 Å². The fourth-order valence-corrected chi connectivity index (χ4v) is 1.78. The van der Waals surface area contributed by atoms with Crippen LogP contribution in [0.15, 0.2) is 12.1 Å². The molecule has 0 spiro atoms. The van der Waals surface area contributed by atoms with Crippen LogP contribution in [-0.2, 0) is 11.2 Å².